The summed E-state index contributed by atoms with van der Waals surface area (Å²) in [6, 6.07) is 7.73. The van der Waals surface area contributed by atoms with Gasteiger partial charge in [0.25, 0.3) is 0 Å². The van der Waals surface area contributed by atoms with Crippen molar-refractivity contribution in [3.05, 3.63) is 29.8 Å². The van der Waals surface area contributed by atoms with Crippen LogP contribution in [0.4, 0.5) is 5.69 Å². The molecule has 2 aliphatic heterocycles. The molecule has 1 N–H and O–H groups in total. The van der Waals surface area contributed by atoms with Gasteiger partial charge in [0, 0.05) is 38.4 Å². The number of fused-ring (bicyclic) bond motifs is 1. The lowest BCUT2D eigenvalue weighted by molar-refractivity contribution is -0.137. The van der Waals surface area contributed by atoms with Crippen LogP contribution in [-0.4, -0.2) is 62.7 Å². The maximum Gasteiger partial charge on any atom is 0.316 e. The minimum Gasteiger partial charge on any atom is -0.379 e. The fraction of sp³-hybridized carbons (Fsp3) is 0.500. The van der Waals surface area contributed by atoms with E-state index < -0.39 is 11.8 Å². The molecule has 3 rings (SSSR count). The highest BCUT2D eigenvalue weighted by atomic mass is 16.5. The molecule has 1 aromatic carbocycles. The molecule has 0 atom stereocenters. The number of amides is 2. The smallest absolute Gasteiger partial charge is 0.316 e. The molecule has 0 unspecified atom stereocenters. The molecule has 22 heavy (non-hydrogen) atoms. The third-order valence-corrected chi connectivity index (χ3v) is 4.14. The van der Waals surface area contributed by atoms with Gasteiger partial charge < -0.3 is 15.0 Å². The molecule has 6 nitrogen and oxygen atoms in total. The molecule has 1 fully saturated rings. The lowest BCUT2D eigenvalue weighted by atomic mass is 10.2. The minimum atomic E-state index is -0.523. The molecule has 1 saturated heterocycles. The Morgan fingerprint density at radius 1 is 1.14 bits per heavy atom. The Kier molecular flexibility index (Phi) is 4.70. The van der Waals surface area contributed by atoms with Crippen molar-refractivity contribution in [2.45, 2.75) is 6.42 Å². The Hall–Kier alpha value is -1.92. The van der Waals surface area contributed by atoms with Crippen molar-refractivity contribution in [3.63, 3.8) is 0 Å². The van der Waals surface area contributed by atoms with Crippen molar-refractivity contribution >= 4 is 17.5 Å². The number of rotatable bonds is 3. The summed E-state index contributed by atoms with van der Waals surface area (Å²) >= 11 is 0. The molecular formula is C16H21N3O3. The van der Waals surface area contributed by atoms with Crippen LogP contribution in [-0.2, 0) is 20.7 Å². The molecule has 2 amide bonds. The van der Waals surface area contributed by atoms with Gasteiger partial charge in [-0.05, 0) is 18.1 Å². The normalized spacial score (nSPS) is 18.1. The molecule has 118 valence electrons. The number of hydrogen-bond acceptors (Lipinski definition) is 4. The van der Waals surface area contributed by atoms with Gasteiger partial charge in [-0.25, -0.2) is 0 Å². The SMILES string of the molecule is O=C(NCCN1CCOCC1)C(=O)N1CCc2ccccc21. The second-order valence-corrected chi connectivity index (χ2v) is 5.55. The number of carbonyl (C=O) groups excluding carboxylic acids is 2. The number of morpholine rings is 1. The zero-order valence-corrected chi connectivity index (χ0v) is 12.6. The summed E-state index contributed by atoms with van der Waals surface area (Å²) in [5.41, 5.74) is 1.98. The molecule has 6 heteroatoms. The zero-order chi connectivity index (χ0) is 15.4. The Bertz CT molecular complexity index is 555. The molecule has 0 radical (unpaired) electrons. The Labute approximate surface area is 130 Å². The van der Waals surface area contributed by atoms with Crippen LogP contribution in [0.25, 0.3) is 0 Å². The van der Waals surface area contributed by atoms with Crippen molar-refractivity contribution in [2.75, 3.05) is 50.8 Å². The molecule has 0 spiro atoms. The first-order valence-electron chi connectivity index (χ1n) is 7.73. The molecule has 2 heterocycles. The Morgan fingerprint density at radius 3 is 2.73 bits per heavy atom. The van der Waals surface area contributed by atoms with E-state index in [2.05, 4.69) is 10.2 Å². The van der Waals surface area contributed by atoms with Crippen LogP contribution in [0.3, 0.4) is 0 Å². The lowest BCUT2D eigenvalue weighted by Gasteiger charge is -2.26. The van der Waals surface area contributed by atoms with Crippen molar-refractivity contribution in [2.24, 2.45) is 0 Å². The fourth-order valence-corrected chi connectivity index (χ4v) is 2.90. The van der Waals surface area contributed by atoms with Crippen LogP contribution < -0.4 is 10.2 Å². The van der Waals surface area contributed by atoms with Crippen molar-refractivity contribution in [1.82, 2.24) is 10.2 Å². The van der Waals surface area contributed by atoms with Gasteiger partial charge in [-0.3, -0.25) is 14.5 Å². The molecule has 2 aliphatic rings. The van der Waals surface area contributed by atoms with E-state index in [4.69, 9.17) is 4.74 Å². The van der Waals surface area contributed by atoms with E-state index >= 15 is 0 Å². The van der Waals surface area contributed by atoms with Gasteiger partial charge in [0.2, 0.25) is 0 Å². The maximum absolute atomic E-state index is 12.3. The first-order chi connectivity index (χ1) is 10.8. The van der Waals surface area contributed by atoms with Crippen LogP contribution in [0.15, 0.2) is 24.3 Å². The molecule has 0 aromatic heterocycles. The monoisotopic (exact) mass is 303 g/mol. The van der Waals surface area contributed by atoms with E-state index in [-0.39, 0.29) is 0 Å². The molecule has 0 bridgehead atoms. The summed E-state index contributed by atoms with van der Waals surface area (Å²) in [5.74, 6) is -0.989. The van der Waals surface area contributed by atoms with E-state index in [9.17, 15) is 9.59 Å². The van der Waals surface area contributed by atoms with Crippen LogP contribution in [0.5, 0.6) is 0 Å². The van der Waals surface area contributed by atoms with Crippen LogP contribution in [0.2, 0.25) is 0 Å². The minimum absolute atomic E-state index is 0.466. The zero-order valence-electron chi connectivity index (χ0n) is 12.6. The second kappa shape index (κ2) is 6.89. The summed E-state index contributed by atoms with van der Waals surface area (Å²) in [5, 5.41) is 2.72. The predicted octanol–water partition coefficient (Wildman–Crippen LogP) is 0.0241. The number of anilines is 1. The van der Waals surface area contributed by atoms with E-state index in [1.807, 2.05) is 24.3 Å². The first kappa shape index (κ1) is 15.0. The maximum atomic E-state index is 12.3. The third kappa shape index (κ3) is 3.28. The van der Waals surface area contributed by atoms with Crippen molar-refractivity contribution in [1.29, 1.82) is 0 Å². The van der Waals surface area contributed by atoms with Gasteiger partial charge >= 0.3 is 11.8 Å². The molecule has 1 aromatic rings. The molecule has 0 saturated carbocycles. The van der Waals surface area contributed by atoms with E-state index in [1.165, 1.54) is 0 Å². The highest BCUT2D eigenvalue weighted by molar-refractivity contribution is 6.40. The van der Waals surface area contributed by atoms with Gasteiger partial charge in [-0.1, -0.05) is 18.2 Å². The van der Waals surface area contributed by atoms with Crippen molar-refractivity contribution in [3.8, 4) is 0 Å². The van der Waals surface area contributed by atoms with E-state index in [0.717, 1.165) is 50.5 Å². The highest BCUT2D eigenvalue weighted by Gasteiger charge is 2.28. The van der Waals surface area contributed by atoms with Crippen molar-refractivity contribution < 1.29 is 14.3 Å². The van der Waals surface area contributed by atoms with Crippen LogP contribution in [0, 0.1) is 0 Å². The van der Waals surface area contributed by atoms with Gasteiger partial charge in [-0.2, -0.15) is 0 Å². The summed E-state index contributed by atoms with van der Waals surface area (Å²) in [4.78, 5) is 28.1. The number of ether oxygens (including phenoxy) is 1. The van der Waals surface area contributed by atoms with Crippen LogP contribution in [0.1, 0.15) is 5.56 Å². The Balaban J connectivity index is 1.49. The summed E-state index contributed by atoms with van der Waals surface area (Å²) < 4.78 is 5.28. The number of hydrogen-bond donors (Lipinski definition) is 1. The highest BCUT2D eigenvalue weighted by Crippen LogP contribution is 2.27. The number of nitrogens with one attached hydrogen (secondary N) is 1. The second-order valence-electron chi connectivity index (χ2n) is 5.55. The fourth-order valence-electron chi connectivity index (χ4n) is 2.90. The van der Waals surface area contributed by atoms with Gasteiger partial charge in [0.05, 0.1) is 13.2 Å². The van der Waals surface area contributed by atoms with Gasteiger partial charge in [-0.15, -0.1) is 0 Å². The lowest BCUT2D eigenvalue weighted by Crippen LogP contribution is -2.46. The third-order valence-electron chi connectivity index (χ3n) is 4.14. The van der Waals surface area contributed by atoms with Gasteiger partial charge in [0.1, 0.15) is 0 Å². The van der Waals surface area contributed by atoms with E-state index in [0.29, 0.717) is 13.1 Å². The summed E-state index contributed by atoms with van der Waals surface area (Å²) in [6.45, 7) is 5.04. The summed E-state index contributed by atoms with van der Waals surface area (Å²) in [7, 11) is 0. The number of carbonyl (C=O) groups is 2. The van der Waals surface area contributed by atoms with E-state index in [1.54, 1.807) is 4.90 Å². The summed E-state index contributed by atoms with van der Waals surface area (Å²) in [6.07, 6.45) is 0.809. The predicted molar refractivity (Wildman–Crippen MR) is 82.8 cm³/mol. The standard InChI is InChI=1S/C16H21N3O3/c20-15(17-6-8-18-9-11-22-12-10-18)16(21)19-7-5-13-3-1-2-4-14(13)19/h1-4H,5-12H2,(H,17,20). The topological polar surface area (TPSA) is 61.9 Å². The van der Waals surface area contributed by atoms with Gasteiger partial charge in [0.15, 0.2) is 0 Å². The molecular weight excluding hydrogens is 282 g/mol. The average molecular weight is 303 g/mol. The number of para-hydroxylation sites is 1. The number of nitrogens with zero attached hydrogens (tertiary/aromatic N) is 2. The Morgan fingerprint density at radius 2 is 1.91 bits per heavy atom. The van der Waals surface area contributed by atoms with Crippen LogP contribution >= 0.6 is 0 Å². The first-order valence-corrected chi connectivity index (χ1v) is 7.73. The number of benzene rings is 1. The molecule has 0 aliphatic carbocycles. The average Bonchev–Trinajstić information content (AvgIpc) is 2.99. The quantitative estimate of drug-likeness (QED) is 0.800. The largest absolute Gasteiger partial charge is 0.379 e.